The lowest BCUT2D eigenvalue weighted by Crippen LogP contribution is -2.32. The zero-order valence-electron chi connectivity index (χ0n) is 19.1. The molecule has 0 unspecified atom stereocenters. The van der Waals surface area contributed by atoms with Crippen molar-refractivity contribution in [2.24, 2.45) is 0 Å². The lowest BCUT2D eigenvalue weighted by molar-refractivity contribution is -0.665. The van der Waals surface area contributed by atoms with Gasteiger partial charge in [0.1, 0.15) is 24.6 Å². The Hall–Kier alpha value is -4.06. The second kappa shape index (κ2) is 9.06. The Morgan fingerprint density at radius 1 is 0.559 bits per heavy atom. The number of hydrogen-bond donors (Lipinski definition) is 0. The lowest BCUT2D eigenvalue weighted by atomic mass is 10.2. The number of aromatic nitrogens is 4. The van der Waals surface area contributed by atoms with Crippen LogP contribution in [-0.2, 0) is 26.2 Å². The standard InChI is InChI=1S/C28H28N4O2/c1-3-13-27-25(11-1)29(21-31(27)19-23-9-7-17-33-23)15-5-6-16-30-22-32(20-24-10-8-18-34-24)28-14-4-2-12-26(28)30/h1-4,7-14,17-18,21-22H,5-6,15-16,19-20H2/q+2. The molecule has 4 aromatic heterocycles. The number of nitrogens with zero attached hydrogens (tertiary/aromatic N) is 4. The first-order valence-corrected chi connectivity index (χ1v) is 11.8. The Balaban J connectivity index is 1.16. The van der Waals surface area contributed by atoms with Gasteiger partial charge in [-0.15, -0.1) is 0 Å². The third-order valence-corrected chi connectivity index (χ3v) is 6.42. The third kappa shape index (κ3) is 4.03. The number of rotatable bonds is 9. The average Bonchev–Trinajstić information content (AvgIpc) is 3.67. The van der Waals surface area contributed by atoms with Crippen LogP contribution in [0.15, 0.2) is 107 Å². The Kier molecular flexibility index (Phi) is 5.47. The number of unbranched alkanes of at least 4 members (excludes halogenated alkanes) is 1. The van der Waals surface area contributed by atoms with E-state index in [0.29, 0.717) is 0 Å². The summed E-state index contributed by atoms with van der Waals surface area (Å²) in [5.41, 5.74) is 4.98. The SMILES string of the molecule is c1coc(C[n+]2cn(CCCCn3c[n+](Cc4ccco4)c4ccccc43)c3ccccc32)c1. The molecule has 6 aromatic rings. The van der Waals surface area contributed by atoms with E-state index >= 15 is 0 Å². The van der Waals surface area contributed by atoms with E-state index in [0.717, 1.165) is 50.5 Å². The molecule has 0 aliphatic carbocycles. The van der Waals surface area contributed by atoms with Crippen molar-refractivity contribution in [1.82, 2.24) is 9.13 Å². The van der Waals surface area contributed by atoms with Crippen molar-refractivity contribution < 1.29 is 18.0 Å². The van der Waals surface area contributed by atoms with Crippen LogP contribution in [0.2, 0.25) is 0 Å². The van der Waals surface area contributed by atoms with Gasteiger partial charge in [0.25, 0.3) is 0 Å². The molecular weight excluding hydrogens is 424 g/mol. The summed E-state index contributed by atoms with van der Waals surface area (Å²) in [6.45, 7) is 3.45. The van der Waals surface area contributed by atoms with E-state index < -0.39 is 0 Å². The Labute approximate surface area is 197 Å². The maximum atomic E-state index is 5.57. The molecule has 6 heteroatoms. The van der Waals surface area contributed by atoms with Crippen LogP contribution in [0.1, 0.15) is 24.4 Å². The van der Waals surface area contributed by atoms with Gasteiger partial charge in [-0.2, -0.15) is 0 Å². The van der Waals surface area contributed by atoms with Gasteiger partial charge in [-0.1, -0.05) is 24.3 Å². The highest BCUT2D eigenvalue weighted by atomic mass is 16.3. The monoisotopic (exact) mass is 452 g/mol. The summed E-state index contributed by atoms with van der Waals surface area (Å²) in [5.74, 6) is 1.94. The molecule has 0 aliphatic heterocycles. The van der Waals surface area contributed by atoms with Gasteiger partial charge in [-0.3, -0.25) is 0 Å². The fraction of sp³-hybridized carbons (Fsp3) is 0.214. The normalized spacial score (nSPS) is 11.6. The maximum Gasteiger partial charge on any atom is 0.245 e. The van der Waals surface area contributed by atoms with E-state index in [2.05, 4.69) is 79.5 Å². The van der Waals surface area contributed by atoms with Crippen molar-refractivity contribution in [3.8, 4) is 0 Å². The molecule has 0 aliphatic rings. The predicted molar refractivity (Wildman–Crippen MR) is 129 cm³/mol. The Bertz CT molecular complexity index is 1390. The largest absolute Gasteiger partial charge is 0.465 e. The molecule has 0 N–H and O–H groups in total. The van der Waals surface area contributed by atoms with Gasteiger partial charge in [0.05, 0.1) is 25.6 Å². The van der Waals surface area contributed by atoms with Gasteiger partial charge >= 0.3 is 0 Å². The second-order valence-corrected chi connectivity index (χ2v) is 8.72. The van der Waals surface area contributed by atoms with E-state index in [1.165, 1.54) is 22.1 Å². The molecule has 0 atom stereocenters. The highest BCUT2D eigenvalue weighted by molar-refractivity contribution is 5.72. The third-order valence-electron chi connectivity index (χ3n) is 6.42. The van der Waals surface area contributed by atoms with Crippen molar-refractivity contribution >= 4 is 22.1 Å². The van der Waals surface area contributed by atoms with Crippen molar-refractivity contribution in [1.29, 1.82) is 0 Å². The number of benzene rings is 2. The van der Waals surface area contributed by atoms with Gasteiger partial charge in [-0.05, 0) is 61.4 Å². The van der Waals surface area contributed by atoms with Crippen LogP contribution in [0.3, 0.4) is 0 Å². The molecule has 0 bridgehead atoms. The molecule has 6 nitrogen and oxygen atoms in total. The minimum absolute atomic E-state index is 0.742. The molecule has 0 amide bonds. The summed E-state index contributed by atoms with van der Waals surface area (Å²) in [5, 5.41) is 0. The molecule has 0 saturated carbocycles. The highest BCUT2D eigenvalue weighted by Gasteiger charge is 2.18. The van der Waals surface area contributed by atoms with Gasteiger partial charge in [-0.25, -0.2) is 18.3 Å². The van der Waals surface area contributed by atoms with E-state index in [1.54, 1.807) is 12.5 Å². The zero-order chi connectivity index (χ0) is 22.7. The van der Waals surface area contributed by atoms with E-state index in [9.17, 15) is 0 Å². The van der Waals surface area contributed by atoms with Gasteiger partial charge < -0.3 is 8.83 Å². The van der Waals surface area contributed by atoms with Crippen molar-refractivity contribution in [3.05, 3.63) is 109 Å². The summed E-state index contributed by atoms with van der Waals surface area (Å²) in [6.07, 6.45) is 10.1. The molecule has 0 radical (unpaired) electrons. The summed E-state index contributed by atoms with van der Waals surface area (Å²) < 4.78 is 20.4. The van der Waals surface area contributed by atoms with Crippen LogP contribution in [0, 0.1) is 0 Å². The summed E-state index contributed by atoms with van der Waals surface area (Å²) >= 11 is 0. The van der Waals surface area contributed by atoms with Crippen molar-refractivity contribution in [3.63, 3.8) is 0 Å². The number of imidazole rings is 2. The number of fused-ring (bicyclic) bond motifs is 2. The molecule has 34 heavy (non-hydrogen) atoms. The summed E-state index contributed by atoms with van der Waals surface area (Å²) in [7, 11) is 0. The first kappa shape index (κ1) is 20.5. The topological polar surface area (TPSA) is 43.9 Å². The number of para-hydroxylation sites is 4. The Morgan fingerprint density at radius 3 is 1.47 bits per heavy atom. The van der Waals surface area contributed by atoms with Gasteiger partial charge in [0, 0.05) is 0 Å². The smallest absolute Gasteiger partial charge is 0.245 e. The quantitative estimate of drug-likeness (QED) is 0.231. The predicted octanol–water partition coefficient (Wildman–Crippen LogP) is 4.93. The highest BCUT2D eigenvalue weighted by Crippen LogP contribution is 2.15. The van der Waals surface area contributed by atoms with Crippen LogP contribution in [0.4, 0.5) is 0 Å². The molecule has 0 fully saturated rings. The Morgan fingerprint density at radius 2 is 1.03 bits per heavy atom. The molecule has 0 saturated heterocycles. The first-order chi connectivity index (χ1) is 16.8. The minimum Gasteiger partial charge on any atom is -0.465 e. The molecule has 170 valence electrons. The molecule has 4 heterocycles. The minimum atomic E-state index is 0.742. The van der Waals surface area contributed by atoms with Crippen molar-refractivity contribution in [2.75, 3.05) is 0 Å². The fourth-order valence-electron chi connectivity index (χ4n) is 4.80. The number of furan rings is 2. The van der Waals surface area contributed by atoms with Crippen LogP contribution >= 0.6 is 0 Å². The van der Waals surface area contributed by atoms with Crippen LogP contribution in [0.5, 0.6) is 0 Å². The molecule has 2 aromatic carbocycles. The van der Waals surface area contributed by atoms with Gasteiger partial charge in [0.2, 0.25) is 12.7 Å². The number of hydrogen-bond acceptors (Lipinski definition) is 2. The van der Waals surface area contributed by atoms with Gasteiger partial charge in [0.15, 0.2) is 22.1 Å². The van der Waals surface area contributed by atoms with Crippen LogP contribution in [0.25, 0.3) is 22.1 Å². The van der Waals surface area contributed by atoms with Crippen LogP contribution < -0.4 is 9.13 Å². The first-order valence-electron chi connectivity index (χ1n) is 11.8. The van der Waals surface area contributed by atoms with E-state index in [-0.39, 0.29) is 0 Å². The maximum absolute atomic E-state index is 5.57. The molecule has 6 rings (SSSR count). The average molecular weight is 453 g/mol. The van der Waals surface area contributed by atoms with Crippen LogP contribution in [-0.4, -0.2) is 9.13 Å². The van der Waals surface area contributed by atoms with E-state index in [1.807, 2.05) is 24.3 Å². The van der Waals surface area contributed by atoms with E-state index in [4.69, 9.17) is 8.83 Å². The molecular formula is C28H28N4O2+2. The molecule has 0 spiro atoms. The second-order valence-electron chi connectivity index (χ2n) is 8.72. The van der Waals surface area contributed by atoms with Crippen molar-refractivity contribution in [2.45, 2.75) is 39.0 Å². The zero-order valence-corrected chi connectivity index (χ0v) is 19.1. The lowest BCUT2D eigenvalue weighted by Gasteiger charge is -1.99. The summed E-state index contributed by atoms with van der Waals surface area (Å²) in [6, 6.07) is 25.1. The number of aryl methyl sites for hydroxylation is 2. The summed E-state index contributed by atoms with van der Waals surface area (Å²) in [4.78, 5) is 0. The fourth-order valence-corrected chi connectivity index (χ4v) is 4.80.